The number of halogens is 2. The van der Waals surface area contributed by atoms with Gasteiger partial charge in [0, 0.05) is 19.1 Å². The van der Waals surface area contributed by atoms with Crippen LogP contribution in [0, 0.1) is 5.82 Å². The first-order chi connectivity index (χ1) is 8.20. The first-order valence-corrected chi connectivity index (χ1v) is 6.88. The van der Waals surface area contributed by atoms with E-state index < -0.39 is 0 Å². The molecule has 2 nitrogen and oxygen atoms in total. The third kappa shape index (κ3) is 3.27. The summed E-state index contributed by atoms with van der Waals surface area (Å²) in [5.41, 5.74) is 1.04. The molecule has 0 radical (unpaired) electrons. The van der Waals surface area contributed by atoms with Gasteiger partial charge in [-0.05, 0) is 53.1 Å². The predicted octanol–water partition coefficient (Wildman–Crippen LogP) is 2.77. The van der Waals surface area contributed by atoms with Crippen LogP contribution in [0.3, 0.4) is 0 Å². The molecule has 1 aliphatic rings. The SMILES string of the molecule is CCN(Cc1ccc(Br)c(F)c1)C1CCNC1. The maximum Gasteiger partial charge on any atom is 0.137 e. The van der Waals surface area contributed by atoms with Gasteiger partial charge in [-0.3, -0.25) is 4.90 Å². The van der Waals surface area contributed by atoms with Crippen LogP contribution in [0.15, 0.2) is 22.7 Å². The van der Waals surface area contributed by atoms with Gasteiger partial charge in [0.2, 0.25) is 0 Å². The zero-order valence-electron chi connectivity index (χ0n) is 10.0. The van der Waals surface area contributed by atoms with Crippen molar-refractivity contribution >= 4 is 15.9 Å². The van der Waals surface area contributed by atoms with Gasteiger partial charge in [-0.2, -0.15) is 0 Å². The van der Waals surface area contributed by atoms with Crippen LogP contribution in [0.1, 0.15) is 18.9 Å². The Morgan fingerprint density at radius 2 is 2.35 bits per heavy atom. The molecule has 1 N–H and O–H groups in total. The maximum atomic E-state index is 13.4. The van der Waals surface area contributed by atoms with Crippen LogP contribution in [-0.4, -0.2) is 30.6 Å². The van der Waals surface area contributed by atoms with Gasteiger partial charge >= 0.3 is 0 Å². The normalized spacial score (nSPS) is 20.1. The summed E-state index contributed by atoms with van der Waals surface area (Å²) < 4.78 is 14.0. The number of rotatable bonds is 4. The highest BCUT2D eigenvalue weighted by atomic mass is 79.9. The van der Waals surface area contributed by atoms with E-state index in [-0.39, 0.29) is 5.82 Å². The molecule has 0 saturated carbocycles. The largest absolute Gasteiger partial charge is 0.315 e. The number of nitrogens with one attached hydrogen (secondary N) is 1. The van der Waals surface area contributed by atoms with Gasteiger partial charge in [0.05, 0.1) is 4.47 Å². The molecule has 4 heteroatoms. The Balaban J connectivity index is 2.04. The van der Waals surface area contributed by atoms with E-state index in [0.717, 1.165) is 31.7 Å². The van der Waals surface area contributed by atoms with E-state index >= 15 is 0 Å². The number of hydrogen-bond acceptors (Lipinski definition) is 2. The monoisotopic (exact) mass is 300 g/mol. The second-order valence-electron chi connectivity index (χ2n) is 4.46. The minimum absolute atomic E-state index is 0.178. The van der Waals surface area contributed by atoms with Crippen LogP contribution in [0.25, 0.3) is 0 Å². The minimum atomic E-state index is -0.178. The third-order valence-electron chi connectivity index (χ3n) is 3.33. The second kappa shape index (κ2) is 5.94. The number of likely N-dealkylation sites (N-methyl/N-ethyl adjacent to an activating group) is 1. The van der Waals surface area contributed by atoms with Crippen LogP contribution in [0.4, 0.5) is 4.39 Å². The summed E-state index contributed by atoms with van der Waals surface area (Å²) in [7, 11) is 0. The molecule has 1 fully saturated rings. The molecule has 1 aromatic rings. The molecule has 0 aliphatic carbocycles. The molecular weight excluding hydrogens is 283 g/mol. The quantitative estimate of drug-likeness (QED) is 0.920. The van der Waals surface area contributed by atoms with Crippen molar-refractivity contribution in [2.75, 3.05) is 19.6 Å². The molecule has 2 rings (SSSR count). The predicted molar refractivity (Wildman–Crippen MR) is 71.5 cm³/mol. The lowest BCUT2D eigenvalue weighted by atomic mass is 10.1. The summed E-state index contributed by atoms with van der Waals surface area (Å²) in [4.78, 5) is 2.41. The Morgan fingerprint density at radius 3 is 2.94 bits per heavy atom. The molecule has 1 heterocycles. The average molecular weight is 301 g/mol. The molecule has 0 amide bonds. The summed E-state index contributed by atoms with van der Waals surface area (Å²) in [6.45, 7) is 6.13. The van der Waals surface area contributed by atoms with Crippen molar-refractivity contribution in [3.63, 3.8) is 0 Å². The zero-order valence-corrected chi connectivity index (χ0v) is 11.6. The van der Waals surface area contributed by atoms with E-state index in [4.69, 9.17) is 0 Å². The van der Waals surface area contributed by atoms with Crippen molar-refractivity contribution < 1.29 is 4.39 Å². The highest BCUT2D eigenvalue weighted by Crippen LogP contribution is 2.19. The van der Waals surface area contributed by atoms with Crippen molar-refractivity contribution in [2.45, 2.75) is 25.9 Å². The molecule has 0 bridgehead atoms. The first kappa shape index (κ1) is 13.0. The summed E-state index contributed by atoms with van der Waals surface area (Å²) >= 11 is 3.18. The number of benzene rings is 1. The molecule has 1 unspecified atom stereocenters. The fourth-order valence-electron chi connectivity index (χ4n) is 2.32. The number of hydrogen-bond donors (Lipinski definition) is 1. The summed E-state index contributed by atoms with van der Waals surface area (Å²) in [6.07, 6.45) is 1.19. The van der Waals surface area contributed by atoms with Gasteiger partial charge < -0.3 is 5.32 Å². The Kier molecular flexibility index (Phi) is 4.54. The molecule has 1 saturated heterocycles. The maximum absolute atomic E-state index is 13.4. The van der Waals surface area contributed by atoms with Crippen LogP contribution in [0.5, 0.6) is 0 Å². The van der Waals surface area contributed by atoms with E-state index in [1.165, 1.54) is 6.42 Å². The second-order valence-corrected chi connectivity index (χ2v) is 5.31. The topological polar surface area (TPSA) is 15.3 Å². The molecule has 1 aliphatic heterocycles. The molecular formula is C13H18BrFN2. The van der Waals surface area contributed by atoms with Crippen molar-refractivity contribution in [3.05, 3.63) is 34.1 Å². The summed E-state index contributed by atoms with van der Waals surface area (Å²) in [5, 5.41) is 3.37. The van der Waals surface area contributed by atoms with E-state index in [9.17, 15) is 4.39 Å². The van der Waals surface area contributed by atoms with Gasteiger partial charge in [-0.25, -0.2) is 4.39 Å². The van der Waals surface area contributed by atoms with Gasteiger partial charge in [0.25, 0.3) is 0 Å². The Morgan fingerprint density at radius 1 is 1.53 bits per heavy atom. The van der Waals surface area contributed by atoms with Crippen LogP contribution < -0.4 is 5.32 Å². The summed E-state index contributed by atoms with van der Waals surface area (Å²) in [6, 6.07) is 5.98. The zero-order chi connectivity index (χ0) is 12.3. The van der Waals surface area contributed by atoms with Crippen molar-refractivity contribution in [1.82, 2.24) is 10.2 Å². The minimum Gasteiger partial charge on any atom is -0.315 e. The lowest BCUT2D eigenvalue weighted by Gasteiger charge is -2.26. The lowest BCUT2D eigenvalue weighted by Crippen LogP contribution is -2.36. The lowest BCUT2D eigenvalue weighted by molar-refractivity contribution is 0.210. The first-order valence-electron chi connectivity index (χ1n) is 6.09. The molecule has 1 atom stereocenters. The fraction of sp³-hybridized carbons (Fsp3) is 0.538. The van der Waals surface area contributed by atoms with E-state index in [1.54, 1.807) is 12.1 Å². The van der Waals surface area contributed by atoms with Gasteiger partial charge in [-0.1, -0.05) is 13.0 Å². The number of nitrogens with zero attached hydrogens (tertiary/aromatic N) is 1. The van der Waals surface area contributed by atoms with Gasteiger partial charge in [-0.15, -0.1) is 0 Å². The van der Waals surface area contributed by atoms with Crippen LogP contribution >= 0.6 is 15.9 Å². The standard InChI is InChI=1S/C13H18BrFN2/c1-2-17(11-5-6-16-8-11)9-10-3-4-12(14)13(15)7-10/h3-4,7,11,16H,2,5-6,8-9H2,1H3. The Bertz CT molecular complexity index is 378. The third-order valence-corrected chi connectivity index (χ3v) is 3.97. The molecule has 17 heavy (non-hydrogen) atoms. The van der Waals surface area contributed by atoms with E-state index in [1.807, 2.05) is 6.07 Å². The van der Waals surface area contributed by atoms with Crippen LogP contribution in [-0.2, 0) is 6.54 Å². The highest BCUT2D eigenvalue weighted by Gasteiger charge is 2.21. The van der Waals surface area contributed by atoms with Crippen molar-refractivity contribution in [1.29, 1.82) is 0 Å². The molecule has 0 spiro atoms. The van der Waals surface area contributed by atoms with Gasteiger partial charge in [0.15, 0.2) is 0 Å². The van der Waals surface area contributed by atoms with E-state index in [2.05, 4.69) is 33.1 Å². The summed E-state index contributed by atoms with van der Waals surface area (Å²) in [5.74, 6) is -0.178. The highest BCUT2D eigenvalue weighted by molar-refractivity contribution is 9.10. The fourth-order valence-corrected chi connectivity index (χ4v) is 2.57. The molecule has 94 valence electrons. The molecule has 0 aromatic heterocycles. The van der Waals surface area contributed by atoms with Crippen molar-refractivity contribution in [2.24, 2.45) is 0 Å². The van der Waals surface area contributed by atoms with E-state index in [0.29, 0.717) is 10.5 Å². The van der Waals surface area contributed by atoms with Crippen LogP contribution in [0.2, 0.25) is 0 Å². The van der Waals surface area contributed by atoms with Gasteiger partial charge in [0.1, 0.15) is 5.82 Å². The van der Waals surface area contributed by atoms with Crippen molar-refractivity contribution in [3.8, 4) is 0 Å². The Hall–Kier alpha value is -0.450. The Labute approximate surface area is 110 Å². The smallest absolute Gasteiger partial charge is 0.137 e. The average Bonchev–Trinajstić information content (AvgIpc) is 2.84. The molecule has 1 aromatic carbocycles.